The third-order valence-electron chi connectivity index (χ3n) is 3.27. The number of likely N-dealkylation sites (tertiary alicyclic amines) is 1. The summed E-state index contributed by atoms with van der Waals surface area (Å²) in [5, 5.41) is 12.6. The zero-order valence-electron chi connectivity index (χ0n) is 8.78. The highest BCUT2D eigenvalue weighted by Crippen LogP contribution is 2.21. The minimum Gasteiger partial charge on any atom is -0.390 e. The highest BCUT2D eigenvalue weighted by atomic mass is 16.5. The number of hydrogen-bond acceptors (Lipinski definition) is 4. The maximum Gasteiger partial charge on any atom is 0.0794 e. The molecule has 1 aliphatic heterocycles. The van der Waals surface area contributed by atoms with Crippen LogP contribution in [0.3, 0.4) is 0 Å². The minimum atomic E-state index is -0.0985. The van der Waals surface area contributed by atoms with E-state index in [1.807, 2.05) is 0 Å². The maximum atomic E-state index is 9.11. The summed E-state index contributed by atoms with van der Waals surface area (Å²) in [6, 6.07) is 0.512. The van der Waals surface area contributed by atoms with Gasteiger partial charge in [0.05, 0.1) is 12.2 Å². The van der Waals surface area contributed by atoms with Gasteiger partial charge in [-0.3, -0.25) is 10.2 Å². The number of nitrogens with one attached hydrogen (secondary N) is 1. The van der Waals surface area contributed by atoms with Crippen LogP contribution >= 0.6 is 0 Å². The van der Waals surface area contributed by atoms with Crippen LogP contribution < -0.4 is 5.32 Å². The summed E-state index contributed by atoms with van der Waals surface area (Å²) in [7, 11) is 1.79. The second-order valence-corrected chi connectivity index (χ2v) is 4.36. The van der Waals surface area contributed by atoms with Crippen molar-refractivity contribution < 1.29 is 9.84 Å². The third kappa shape index (κ3) is 2.25. The van der Waals surface area contributed by atoms with E-state index in [0.29, 0.717) is 12.1 Å². The molecule has 2 fully saturated rings. The van der Waals surface area contributed by atoms with Crippen LogP contribution in [0.4, 0.5) is 0 Å². The molecule has 14 heavy (non-hydrogen) atoms. The fraction of sp³-hybridized carbons (Fsp3) is 1.00. The summed E-state index contributed by atoms with van der Waals surface area (Å²) >= 11 is 0. The van der Waals surface area contributed by atoms with Crippen LogP contribution in [0.15, 0.2) is 0 Å². The van der Waals surface area contributed by atoms with E-state index in [1.54, 1.807) is 7.11 Å². The Morgan fingerprint density at radius 1 is 1.43 bits per heavy atom. The normalized spacial score (nSPS) is 34.7. The van der Waals surface area contributed by atoms with Crippen molar-refractivity contribution >= 4 is 0 Å². The molecule has 4 heteroatoms. The quantitative estimate of drug-likeness (QED) is 0.658. The van der Waals surface area contributed by atoms with Gasteiger partial charge in [-0.25, -0.2) is 0 Å². The number of β-amino-alcohol motifs (C(OH)–C–C–N with tert-alkyl or cyclic N) is 1. The van der Waals surface area contributed by atoms with Gasteiger partial charge in [-0.2, -0.15) is 0 Å². The molecule has 4 nitrogen and oxygen atoms in total. The molecular weight excluding hydrogens is 180 g/mol. The number of aliphatic hydroxyl groups excluding tert-OH is 1. The van der Waals surface area contributed by atoms with E-state index >= 15 is 0 Å². The summed E-state index contributed by atoms with van der Waals surface area (Å²) in [4.78, 5) is 2.22. The van der Waals surface area contributed by atoms with Crippen LogP contribution in [0.25, 0.3) is 0 Å². The van der Waals surface area contributed by atoms with Crippen LogP contribution in [-0.4, -0.2) is 55.1 Å². The van der Waals surface area contributed by atoms with Gasteiger partial charge in [0.2, 0.25) is 0 Å². The van der Waals surface area contributed by atoms with Gasteiger partial charge in [-0.1, -0.05) is 0 Å². The van der Waals surface area contributed by atoms with Gasteiger partial charge in [0.25, 0.3) is 0 Å². The van der Waals surface area contributed by atoms with Gasteiger partial charge < -0.3 is 9.84 Å². The first-order valence-electron chi connectivity index (χ1n) is 5.46. The van der Waals surface area contributed by atoms with Gasteiger partial charge in [-0.05, 0) is 19.3 Å². The van der Waals surface area contributed by atoms with E-state index in [4.69, 9.17) is 9.84 Å². The van der Waals surface area contributed by atoms with Gasteiger partial charge in [0.1, 0.15) is 0 Å². The molecule has 0 spiro atoms. The summed E-state index contributed by atoms with van der Waals surface area (Å²) < 4.78 is 5.40. The van der Waals surface area contributed by atoms with Crippen molar-refractivity contribution in [3.63, 3.8) is 0 Å². The maximum absolute atomic E-state index is 9.11. The molecule has 2 rings (SSSR count). The largest absolute Gasteiger partial charge is 0.390 e. The van der Waals surface area contributed by atoms with E-state index < -0.39 is 0 Å². The first-order valence-corrected chi connectivity index (χ1v) is 5.46. The average Bonchev–Trinajstić information content (AvgIpc) is 2.57. The smallest absolute Gasteiger partial charge is 0.0794 e. The fourth-order valence-electron chi connectivity index (χ4n) is 2.36. The lowest BCUT2D eigenvalue weighted by molar-refractivity contribution is -0.00892. The molecule has 0 amide bonds. The first-order chi connectivity index (χ1) is 6.79. The molecule has 2 aliphatic rings. The van der Waals surface area contributed by atoms with Gasteiger partial charge in [0.15, 0.2) is 0 Å². The zero-order valence-corrected chi connectivity index (χ0v) is 8.78. The molecule has 82 valence electrons. The molecule has 0 bridgehead atoms. The van der Waals surface area contributed by atoms with Gasteiger partial charge in [0, 0.05) is 32.9 Å². The Labute approximate surface area is 85.2 Å². The monoisotopic (exact) mass is 200 g/mol. The Morgan fingerprint density at radius 2 is 2.21 bits per heavy atom. The van der Waals surface area contributed by atoms with Crippen LogP contribution in [0, 0.1) is 0 Å². The fourth-order valence-corrected chi connectivity index (χ4v) is 2.36. The summed E-state index contributed by atoms with van der Waals surface area (Å²) in [5.74, 6) is 0. The second-order valence-electron chi connectivity index (χ2n) is 4.36. The summed E-state index contributed by atoms with van der Waals surface area (Å²) in [5.41, 5.74) is 0. The predicted octanol–water partition coefficient (Wildman–Crippen LogP) is -0.222. The Kier molecular flexibility index (Phi) is 3.38. The average molecular weight is 200 g/mol. The summed E-state index contributed by atoms with van der Waals surface area (Å²) in [6.07, 6.45) is 3.95. The van der Waals surface area contributed by atoms with Crippen molar-refractivity contribution in [2.45, 2.75) is 37.5 Å². The first kappa shape index (κ1) is 10.4. The molecule has 2 atom stereocenters. The Bertz CT molecular complexity index is 183. The van der Waals surface area contributed by atoms with E-state index in [-0.39, 0.29) is 6.10 Å². The second kappa shape index (κ2) is 4.57. The van der Waals surface area contributed by atoms with E-state index in [2.05, 4.69) is 10.2 Å². The van der Waals surface area contributed by atoms with Crippen molar-refractivity contribution in [2.24, 2.45) is 0 Å². The van der Waals surface area contributed by atoms with Crippen LogP contribution in [0.5, 0.6) is 0 Å². The highest BCUT2D eigenvalue weighted by molar-refractivity contribution is 4.85. The molecule has 1 saturated heterocycles. The topological polar surface area (TPSA) is 44.7 Å². The standard InChI is InChI=1S/C10H20N2O2/c1-14-10-4-2-3-9(10)11-7-12-5-8(13)6-12/h8-11,13H,2-7H2,1H3/t9?,10-/m0/s1. The third-order valence-corrected chi connectivity index (χ3v) is 3.27. The van der Waals surface area contributed by atoms with Crippen molar-refractivity contribution in [3.8, 4) is 0 Å². The van der Waals surface area contributed by atoms with E-state index in [9.17, 15) is 0 Å². The molecule has 0 aromatic rings. The van der Waals surface area contributed by atoms with Crippen LogP contribution in [0.1, 0.15) is 19.3 Å². The van der Waals surface area contributed by atoms with Crippen molar-refractivity contribution in [2.75, 3.05) is 26.9 Å². The highest BCUT2D eigenvalue weighted by Gasteiger charge is 2.29. The number of ether oxygens (including phenoxy) is 1. The number of aliphatic hydroxyl groups is 1. The lowest BCUT2D eigenvalue weighted by Crippen LogP contribution is -2.55. The SMILES string of the molecule is CO[C@H]1CCCC1NCN1CC(O)C1. The molecule has 0 aromatic heterocycles. The lowest BCUT2D eigenvalue weighted by Gasteiger charge is -2.37. The van der Waals surface area contributed by atoms with Crippen LogP contribution in [0.2, 0.25) is 0 Å². The summed E-state index contributed by atoms with van der Waals surface area (Å²) in [6.45, 7) is 2.52. The number of nitrogens with zero attached hydrogens (tertiary/aromatic N) is 1. The molecule has 2 N–H and O–H groups in total. The molecule has 1 unspecified atom stereocenters. The Morgan fingerprint density at radius 3 is 2.86 bits per heavy atom. The van der Waals surface area contributed by atoms with E-state index in [1.165, 1.54) is 19.3 Å². The number of rotatable bonds is 4. The van der Waals surface area contributed by atoms with Crippen molar-refractivity contribution in [1.29, 1.82) is 0 Å². The Hall–Kier alpha value is -0.160. The molecule has 1 heterocycles. The van der Waals surface area contributed by atoms with Crippen molar-refractivity contribution in [3.05, 3.63) is 0 Å². The minimum absolute atomic E-state index is 0.0985. The molecule has 1 saturated carbocycles. The lowest BCUT2D eigenvalue weighted by atomic mass is 10.2. The molecule has 0 radical (unpaired) electrons. The predicted molar refractivity (Wildman–Crippen MR) is 54.0 cm³/mol. The number of methoxy groups -OCH3 is 1. The van der Waals surface area contributed by atoms with Crippen LogP contribution in [-0.2, 0) is 4.74 Å². The molecule has 1 aliphatic carbocycles. The molecular formula is C10H20N2O2. The Balaban J connectivity index is 1.65. The van der Waals surface area contributed by atoms with Gasteiger partial charge in [-0.15, -0.1) is 0 Å². The molecule has 0 aromatic carbocycles. The van der Waals surface area contributed by atoms with Crippen molar-refractivity contribution in [1.82, 2.24) is 10.2 Å². The zero-order chi connectivity index (χ0) is 9.97. The number of hydrogen-bond donors (Lipinski definition) is 2. The van der Waals surface area contributed by atoms with Gasteiger partial charge >= 0.3 is 0 Å². The van der Waals surface area contributed by atoms with E-state index in [0.717, 1.165) is 19.8 Å².